The summed E-state index contributed by atoms with van der Waals surface area (Å²) in [5.74, 6) is 0.814. The summed E-state index contributed by atoms with van der Waals surface area (Å²) >= 11 is 0. The number of carboxylic acid groups (broad SMARTS) is 1. The van der Waals surface area contributed by atoms with Crippen LogP contribution in [0.3, 0.4) is 0 Å². The van der Waals surface area contributed by atoms with Crippen LogP contribution in [-0.4, -0.2) is 11.1 Å². The van der Waals surface area contributed by atoms with Gasteiger partial charge in [-0.1, -0.05) is 66.7 Å². The van der Waals surface area contributed by atoms with Crippen molar-refractivity contribution in [3.05, 3.63) is 83.4 Å². The van der Waals surface area contributed by atoms with Gasteiger partial charge in [-0.05, 0) is 60.5 Å². The van der Waals surface area contributed by atoms with Crippen LogP contribution in [0.1, 0.15) is 24.0 Å². The van der Waals surface area contributed by atoms with Crippen molar-refractivity contribution >= 4 is 5.97 Å². The van der Waals surface area contributed by atoms with E-state index in [9.17, 15) is 9.90 Å². The molecule has 128 valence electrons. The highest BCUT2D eigenvalue weighted by atomic mass is 16.4. The molecule has 2 aromatic rings. The van der Waals surface area contributed by atoms with Gasteiger partial charge in [-0.2, -0.15) is 0 Å². The topological polar surface area (TPSA) is 37.3 Å². The Morgan fingerprint density at radius 1 is 0.840 bits per heavy atom. The largest absolute Gasteiger partial charge is 0.478 e. The predicted octanol–water partition coefficient (Wildman–Crippen LogP) is 4.76. The van der Waals surface area contributed by atoms with Gasteiger partial charge in [0.25, 0.3) is 0 Å². The van der Waals surface area contributed by atoms with Crippen molar-refractivity contribution in [1.29, 1.82) is 0 Å². The Morgan fingerprint density at radius 3 is 1.96 bits per heavy atom. The van der Waals surface area contributed by atoms with Crippen LogP contribution < -0.4 is 0 Å². The van der Waals surface area contributed by atoms with Crippen LogP contribution in [0.2, 0.25) is 0 Å². The minimum atomic E-state index is -0.717. The van der Waals surface area contributed by atoms with E-state index in [1.54, 1.807) is 0 Å². The van der Waals surface area contributed by atoms with E-state index in [2.05, 4.69) is 60.7 Å². The molecule has 5 rings (SSSR count). The number of fused-ring (bicyclic) bond motifs is 2. The van der Waals surface area contributed by atoms with Gasteiger partial charge >= 0.3 is 5.97 Å². The van der Waals surface area contributed by atoms with E-state index in [0.717, 1.165) is 25.7 Å². The first kappa shape index (κ1) is 16.1. The third kappa shape index (κ3) is 3.26. The SMILES string of the molecule is O=C(O)C1=CC2CCC1C(Cc1ccccc1)C2Cc1ccccc1. The second-order valence-electron chi connectivity index (χ2n) is 7.48. The lowest BCUT2D eigenvalue weighted by molar-refractivity contribution is -0.134. The molecule has 1 fully saturated rings. The van der Waals surface area contributed by atoms with Crippen LogP contribution in [0.5, 0.6) is 0 Å². The summed E-state index contributed by atoms with van der Waals surface area (Å²) in [6.07, 6.45) is 6.24. The van der Waals surface area contributed by atoms with Gasteiger partial charge in [0.05, 0.1) is 0 Å². The standard InChI is InChI=1S/C23H24O2/c24-23(25)22-15-18-11-12-19(22)21(14-17-9-5-2-6-10-17)20(18)13-16-7-3-1-4-8-16/h1-10,15,18-21H,11-14H2,(H,24,25). The number of hydrogen-bond acceptors (Lipinski definition) is 1. The molecule has 0 heterocycles. The highest BCUT2D eigenvalue weighted by Gasteiger charge is 2.45. The number of aliphatic carboxylic acids is 1. The molecular formula is C23H24O2. The minimum absolute atomic E-state index is 0.191. The highest BCUT2D eigenvalue weighted by Crippen LogP contribution is 2.50. The molecule has 0 saturated heterocycles. The van der Waals surface area contributed by atoms with E-state index < -0.39 is 5.97 Å². The van der Waals surface area contributed by atoms with Gasteiger partial charge in [0.1, 0.15) is 0 Å². The first-order valence-corrected chi connectivity index (χ1v) is 9.25. The first-order chi connectivity index (χ1) is 12.2. The molecule has 4 atom stereocenters. The molecule has 0 amide bonds. The average molecular weight is 332 g/mol. The second-order valence-corrected chi connectivity index (χ2v) is 7.48. The van der Waals surface area contributed by atoms with Gasteiger partial charge in [0.15, 0.2) is 0 Å². The van der Waals surface area contributed by atoms with Crippen molar-refractivity contribution in [3.8, 4) is 0 Å². The number of benzene rings is 2. The van der Waals surface area contributed by atoms with Crippen LogP contribution in [-0.2, 0) is 17.6 Å². The lowest BCUT2D eigenvalue weighted by Gasteiger charge is -2.47. The zero-order valence-electron chi connectivity index (χ0n) is 14.3. The van der Waals surface area contributed by atoms with Crippen molar-refractivity contribution in [1.82, 2.24) is 0 Å². The smallest absolute Gasteiger partial charge is 0.331 e. The summed E-state index contributed by atoms with van der Waals surface area (Å²) in [7, 11) is 0. The maximum atomic E-state index is 11.7. The molecule has 3 aliphatic rings. The molecule has 2 heteroatoms. The zero-order valence-corrected chi connectivity index (χ0v) is 14.3. The van der Waals surface area contributed by atoms with Crippen LogP contribution in [0.25, 0.3) is 0 Å². The van der Waals surface area contributed by atoms with Crippen LogP contribution >= 0.6 is 0 Å². The molecule has 1 saturated carbocycles. The van der Waals surface area contributed by atoms with Gasteiger partial charge in [-0.25, -0.2) is 4.79 Å². The molecule has 0 aliphatic heterocycles. The van der Waals surface area contributed by atoms with Crippen LogP contribution in [0.4, 0.5) is 0 Å². The molecule has 2 aromatic carbocycles. The Kier molecular flexibility index (Phi) is 4.44. The first-order valence-electron chi connectivity index (χ1n) is 9.25. The van der Waals surface area contributed by atoms with Crippen molar-refractivity contribution in [2.75, 3.05) is 0 Å². The summed E-state index contributed by atoms with van der Waals surface area (Å²) < 4.78 is 0. The van der Waals surface area contributed by atoms with E-state index >= 15 is 0 Å². The van der Waals surface area contributed by atoms with Crippen LogP contribution in [0.15, 0.2) is 72.3 Å². The predicted molar refractivity (Wildman–Crippen MR) is 99.2 cm³/mol. The zero-order chi connectivity index (χ0) is 17.2. The Morgan fingerprint density at radius 2 is 1.40 bits per heavy atom. The van der Waals surface area contributed by atoms with Gasteiger partial charge in [-0.3, -0.25) is 0 Å². The number of rotatable bonds is 5. The molecular weight excluding hydrogens is 308 g/mol. The van der Waals surface area contributed by atoms with E-state index in [4.69, 9.17) is 0 Å². The average Bonchev–Trinajstić information content (AvgIpc) is 2.65. The third-order valence-corrected chi connectivity index (χ3v) is 6.10. The normalized spacial score (nSPS) is 27.8. The summed E-state index contributed by atoms with van der Waals surface area (Å²) in [4.78, 5) is 11.7. The quantitative estimate of drug-likeness (QED) is 0.857. The number of carbonyl (C=O) groups is 1. The summed E-state index contributed by atoms with van der Waals surface area (Å²) in [6.45, 7) is 0. The molecule has 4 unspecified atom stereocenters. The molecule has 2 nitrogen and oxygen atoms in total. The molecule has 25 heavy (non-hydrogen) atoms. The fourth-order valence-corrected chi connectivity index (χ4v) is 4.96. The minimum Gasteiger partial charge on any atom is -0.478 e. The van der Waals surface area contributed by atoms with Gasteiger partial charge in [-0.15, -0.1) is 0 Å². The van der Waals surface area contributed by atoms with Gasteiger partial charge < -0.3 is 5.11 Å². The highest BCUT2D eigenvalue weighted by molar-refractivity contribution is 5.87. The second kappa shape index (κ2) is 6.87. The summed E-state index contributed by atoms with van der Waals surface area (Å²) in [6, 6.07) is 21.2. The van der Waals surface area contributed by atoms with E-state index in [1.807, 2.05) is 6.07 Å². The Bertz CT molecular complexity index is 763. The molecule has 2 bridgehead atoms. The number of hydrogen-bond donors (Lipinski definition) is 1. The molecule has 0 aromatic heterocycles. The van der Waals surface area contributed by atoms with Crippen molar-refractivity contribution in [2.24, 2.45) is 23.7 Å². The Labute approximate surface area is 149 Å². The summed E-state index contributed by atoms with van der Waals surface area (Å²) in [5, 5.41) is 9.65. The van der Waals surface area contributed by atoms with Crippen molar-refractivity contribution < 1.29 is 9.90 Å². The maximum Gasteiger partial charge on any atom is 0.331 e. The van der Waals surface area contributed by atoms with Crippen LogP contribution in [0, 0.1) is 23.7 Å². The molecule has 0 spiro atoms. The van der Waals surface area contributed by atoms with E-state index in [1.165, 1.54) is 11.1 Å². The van der Waals surface area contributed by atoms with E-state index in [-0.39, 0.29) is 5.92 Å². The monoisotopic (exact) mass is 332 g/mol. The molecule has 1 N–H and O–H groups in total. The Balaban J connectivity index is 1.66. The maximum absolute atomic E-state index is 11.7. The number of allylic oxidation sites excluding steroid dienone is 1. The summed E-state index contributed by atoms with van der Waals surface area (Å²) in [5.41, 5.74) is 3.35. The third-order valence-electron chi connectivity index (χ3n) is 6.10. The fraction of sp³-hybridized carbons (Fsp3) is 0.348. The van der Waals surface area contributed by atoms with E-state index in [0.29, 0.717) is 23.3 Å². The van der Waals surface area contributed by atoms with Crippen molar-refractivity contribution in [2.45, 2.75) is 25.7 Å². The molecule has 0 radical (unpaired) electrons. The number of carboxylic acids is 1. The lowest BCUT2D eigenvalue weighted by Crippen LogP contribution is -2.43. The van der Waals surface area contributed by atoms with Gasteiger partial charge in [0.2, 0.25) is 0 Å². The van der Waals surface area contributed by atoms with Gasteiger partial charge in [0, 0.05) is 5.57 Å². The molecule has 3 aliphatic carbocycles. The fourth-order valence-electron chi connectivity index (χ4n) is 4.96. The Hall–Kier alpha value is -2.35. The lowest BCUT2D eigenvalue weighted by atomic mass is 9.56. The van der Waals surface area contributed by atoms with Crippen molar-refractivity contribution in [3.63, 3.8) is 0 Å².